The number of rotatable bonds is 5. The highest BCUT2D eigenvalue weighted by Gasteiger charge is 2.32. The van der Waals surface area contributed by atoms with E-state index >= 15 is 0 Å². The Morgan fingerprint density at radius 2 is 1.78 bits per heavy atom. The van der Waals surface area contributed by atoms with Crippen molar-refractivity contribution in [2.45, 2.75) is 63.8 Å². The van der Waals surface area contributed by atoms with E-state index in [0.717, 1.165) is 31.2 Å². The van der Waals surface area contributed by atoms with Crippen molar-refractivity contribution in [1.82, 2.24) is 5.32 Å². The molecule has 4 nitrogen and oxygen atoms in total. The van der Waals surface area contributed by atoms with Gasteiger partial charge in [-0.2, -0.15) is 0 Å². The second-order valence-electron chi connectivity index (χ2n) is 7.18. The molecule has 1 aliphatic rings. The van der Waals surface area contributed by atoms with Crippen LogP contribution < -0.4 is 5.32 Å². The zero-order valence-electron chi connectivity index (χ0n) is 14.0. The molecule has 0 saturated heterocycles. The molecule has 1 fully saturated rings. The number of aliphatic carboxylic acids is 1. The lowest BCUT2D eigenvalue weighted by Crippen LogP contribution is -2.44. The summed E-state index contributed by atoms with van der Waals surface area (Å²) in [5, 5.41) is 12.4. The maximum Gasteiger partial charge on any atom is 0.308 e. The molecule has 0 radical (unpaired) electrons. The third-order valence-corrected chi connectivity index (χ3v) is 4.84. The molecule has 0 bridgehead atoms. The monoisotopic (exact) mass is 317 g/mol. The van der Waals surface area contributed by atoms with Gasteiger partial charge in [0, 0.05) is 12.5 Å². The minimum atomic E-state index is -0.792. The zero-order chi connectivity index (χ0) is 16.9. The van der Waals surface area contributed by atoms with Gasteiger partial charge in [0.15, 0.2) is 0 Å². The van der Waals surface area contributed by atoms with Crippen LogP contribution in [0.3, 0.4) is 0 Å². The number of carboxylic acid groups (broad SMARTS) is 1. The van der Waals surface area contributed by atoms with Crippen LogP contribution >= 0.6 is 0 Å². The van der Waals surface area contributed by atoms with E-state index in [9.17, 15) is 14.7 Å². The summed E-state index contributed by atoms with van der Waals surface area (Å²) in [4.78, 5) is 23.9. The van der Waals surface area contributed by atoms with Crippen molar-refractivity contribution < 1.29 is 14.7 Å². The standard InChI is InChI=1S/C19H27NO3/c1-19(2,14-9-5-3-6-10-14)13-17(21)20-16-12-8-4-7-11-15(16)18(22)23/h3,5-6,9-10,15-16H,4,7-8,11-13H2,1-2H3,(H,20,21)(H,22,23)/t15-,16+/m1/s1. The van der Waals surface area contributed by atoms with Crippen LogP contribution in [-0.4, -0.2) is 23.0 Å². The summed E-state index contributed by atoms with van der Waals surface area (Å²) in [5.41, 5.74) is 0.847. The maximum atomic E-state index is 12.5. The van der Waals surface area contributed by atoms with Crippen molar-refractivity contribution in [3.05, 3.63) is 35.9 Å². The molecule has 0 aromatic heterocycles. The van der Waals surface area contributed by atoms with Crippen molar-refractivity contribution >= 4 is 11.9 Å². The predicted octanol–water partition coefficient (Wildman–Crippen LogP) is 3.50. The fourth-order valence-corrected chi connectivity index (χ4v) is 3.43. The van der Waals surface area contributed by atoms with Gasteiger partial charge in [-0.25, -0.2) is 0 Å². The summed E-state index contributed by atoms with van der Waals surface area (Å²) in [6.07, 6.45) is 4.73. The Morgan fingerprint density at radius 1 is 1.13 bits per heavy atom. The molecule has 0 unspecified atom stereocenters. The largest absolute Gasteiger partial charge is 0.481 e. The lowest BCUT2D eigenvalue weighted by molar-refractivity contribution is -0.143. The molecule has 1 aromatic rings. The van der Waals surface area contributed by atoms with Gasteiger partial charge in [-0.3, -0.25) is 9.59 Å². The normalized spacial score (nSPS) is 22.2. The Kier molecular flexibility index (Phi) is 5.80. The fourth-order valence-electron chi connectivity index (χ4n) is 3.43. The molecule has 2 rings (SSSR count). The van der Waals surface area contributed by atoms with Crippen molar-refractivity contribution in [1.29, 1.82) is 0 Å². The second kappa shape index (κ2) is 7.62. The molecule has 2 N–H and O–H groups in total. The van der Waals surface area contributed by atoms with Crippen LogP contribution in [0.15, 0.2) is 30.3 Å². The van der Waals surface area contributed by atoms with Crippen molar-refractivity contribution in [2.24, 2.45) is 5.92 Å². The van der Waals surface area contributed by atoms with Gasteiger partial charge in [0.25, 0.3) is 0 Å². The first-order valence-corrected chi connectivity index (χ1v) is 8.48. The van der Waals surface area contributed by atoms with Crippen LogP contribution in [0.1, 0.15) is 57.9 Å². The molecule has 0 heterocycles. The number of hydrogen-bond donors (Lipinski definition) is 2. The fraction of sp³-hybridized carbons (Fsp3) is 0.579. The van der Waals surface area contributed by atoms with Crippen LogP contribution in [0.4, 0.5) is 0 Å². The first-order chi connectivity index (χ1) is 10.9. The molecule has 23 heavy (non-hydrogen) atoms. The van der Waals surface area contributed by atoms with E-state index < -0.39 is 11.9 Å². The van der Waals surface area contributed by atoms with Crippen LogP contribution in [0, 0.1) is 5.92 Å². The molecule has 1 amide bonds. The molecule has 4 heteroatoms. The molecular weight excluding hydrogens is 290 g/mol. The smallest absolute Gasteiger partial charge is 0.308 e. The Bertz CT molecular complexity index is 539. The number of nitrogens with one attached hydrogen (secondary N) is 1. The minimum Gasteiger partial charge on any atom is -0.481 e. The van der Waals surface area contributed by atoms with Gasteiger partial charge in [0.2, 0.25) is 5.91 Å². The highest BCUT2D eigenvalue weighted by atomic mass is 16.4. The second-order valence-corrected chi connectivity index (χ2v) is 7.18. The van der Waals surface area contributed by atoms with E-state index in [4.69, 9.17) is 0 Å². The van der Waals surface area contributed by atoms with Crippen LogP contribution in [0.5, 0.6) is 0 Å². The van der Waals surface area contributed by atoms with Crippen molar-refractivity contribution in [3.8, 4) is 0 Å². The van der Waals surface area contributed by atoms with Gasteiger partial charge in [-0.1, -0.05) is 63.4 Å². The molecule has 1 aliphatic carbocycles. The average molecular weight is 317 g/mol. The summed E-state index contributed by atoms with van der Waals surface area (Å²) in [6.45, 7) is 4.09. The first kappa shape index (κ1) is 17.5. The highest BCUT2D eigenvalue weighted by molar-refractivity contribution is 5.79. The number of carboxylic acids is 1. The van der Waals surface area contributed by atoms with E-state index in [1.54, 1.807) is 0 Å². The van der Waals surface area contributed by atoms with E-state index in [1.165, 1.54) is 0 Å². The van der Waals surface area contributed by atoms with Crippen LogP contribution in [0.2, 0.25) is 0 Å². The molecule has 0 aliphatic heterocycles. The SMILES string of the molecule is CC(C)(CC(=O)N[C@H]1CCCCC[C@H]1C(=O)O)c1ccccc1. The third-order valence-electron chi connectivity index (χ3n) is 4.84. The Morgan fingerprint density at radius 3 is 2.43 bits per heavy atom. The molecule has 126 valence electrons. The average Bonchev–Trinajstić information content (AvgIpc) is 2.73. The Labute approximate surface area is 138 Å². The highest BCUT2D eigenvalue weighted by Crippen LogP contribution is 2.28. The van der Waals surface area contributed by atoms with Gasteiger partial charge in [0.05, 0.1) is 5.92 Å². The number of benzene rings is 1. The Hall–Kier alpha value is -1.84. The summed E-state index contributed by atoms with van der Waals surface area (Å²) in [6, 6.07) is 9.72. The van der Waals surface area contributed by atoms with E-state index in [-0.39, 0.29) is 17.4 Å². The maximum absolute atomic E-state index is 12.5. The first-order valence-electron chi connectivity index (χ1n) is 8.48. The molecule has 1 aromatic carbocycles. The molecular formula is C19H27NO3. The number of carbonyl (C=O) groups is 2. The summed E-state index contributed by atoms with van der Waals surface area (Å²) in [7, 11) is 0. The Balaban J connectivity index is 2.01. The van der Waals surface area contributed by atoms with Crippen molar-refractivity contribution in [2.75, 3.05) is 0 Å². The van der Waals surface area contributed by atoms with Gasteiger partial charge in [0.1, 0.15) is 0 Å². The number of carbonyl (C=O) groups excluding carboxylic acids is 1. The van der Waals surface area contributed by atoms with E-state index in [2.05, 4.69) is 5.32 Å². The van der Waals surface area contributed by atoms with Crippen LogP contribution in [0.25, 0.3) is 0 Å². The van der Waals surface area contributed by atoms with Gasteiger partial charge < -0.3 is 10.4 Å². The van der Waals surface area contributed by atoms with Crippen LogP contribution in [-0.2, 0) is 15.0 Å². The van der Waals surface area contributed by atoms with Crippen molar-refractivity contribution in [3.63, 3.8) is 0 Å². The third kappa shape index (κ3) is 4.81. The van der Waals surface area contributed by atoms with Gasteiger partial charge in [-0.15, -0.1) is 0 Å². The van der Waals surface area contributed by atoms with E-state index in [0.29, 0.717) is 12.8 Å². The topological polar surface area (TPSA) is 66.4 Å². The number of amides is 1. The zero-order valence-corrected chi connectivity index (χ0v) is 14.0. The molecule has 2 atom stereocenters. The lowest BCUT2D eigenvalue weighted by atomic mass is 9.81. The predicted molar refractivity (Wildman–Crippen MR) is 90.2 cm³/mol. The van der Waals surface area contributed by atoms with Gasteiger partial charge in [-0.05, 0) is 23.8 Å². The lowest BCUT2D eigenvalue weighted by Gasteiger charge is -2.28. The molecule has 1 saturated carbocycles. The minimum absolute atomic E-state index is 0.0583. The number of hydrogen-bond acceptors (Lipinski definition) is 2. The summed E-state index contributed by atoms with van der Waals surface area (Å²) in [5.74, 6) is -1.31. The van der Waals surface area contributed by atoms with E-state index in [1.807, 2.05) is 44.2 Å². The quantitative estimate of drug-likeness (QED) is 0.817. The summed E-state index contributed by atoms with van der Waals surface area (Å²) >= 11 is 0. The van der Waals surface area contributed by atoms with Gasteiger partial charge >= 0.3 is 5.97 Å². The summed E-state index contributed by atoms with van der Waals surface area (Å²) < 4.78 is 0. The molecule has 0 spiro atoms.